The van der Waals surface area contributed by atoms with Gasteiger partial charge in [0.25, 0.3) is 0 Å². The molecule has 0 aromatic carbocycles. The third kappa shape index (κ3) is 8.43. The van der Waals surface area contributed by atoms with Crippen LogP contribution in [0.1, 0.15) is 0 Å². The van der Waals surface area contributed by atoms with Crippen molar-refractivity contribution in [2.75, 3.05) is 0 Å². The van der Waals surface area contributed by atoms with Crippen LogP contribution >= 0.6 is 0 Å². The zero-order valence-corrected chi connectivity index (χ0v) is 7.12. The maximum atomic E-state index is 9.69. The second kappa shape index (κ2) is 8.43. The van der Waals surface area contributed by atoms with E-state index < -0.39 is 11.4 Å². The van der Waals surface area contributed by atoms with Gasteiger partial charge in [0.2, 0.25) is 0 Å². The van der Waals surface area contributed by atoms with Crippen molar-refractivity contribution in [1.29, 1.82) is 0 Å². The maximum Gasteiger partial charge on any atom is 1.00 e. The Bertz CT molecular complexity index is 93.1. The molecule has 0 N–H and O–H groups in total. The van der Waals surface area contributed by atoms with Gasteiger partial charge in [0.1, 0.15) is 0 Å². The minimum Gasteiger partial charge on any atom is -0.691 e. The van der Waals surface area contributed by atoms with Gasteiger partial charge in [-0.15, -0.1) is 9.24 Å². The summed E-state index contributed by atoms with van der Waals surface area (Å²) in [4.78, 5) is 8.99. The van der Waals surface area contributed by atoms with Crippen molar-refractivity contribution < 1.29 is 52.7 Å². The zero-order valence-electron chi connectivity index (χ0n) is 4.30. The Labute approximate surface area is 74.2 Å². The fourth-order valence-electron chi connectivity index (χ4n) is 0.0599. The molecule has 0 aliphatic rings. The molecule has 0 aliphatic heterocycles. The summed E-state index contributed by atoms with van der Waals surface area (Å²) in [5, 5.41) is 13.1. The van der Waals surface area contributed by atoms with Crippen LogP contribution in [0.5, 0.6) is 0 Å². The molecule has 1 unspecified atom stereocenters. The fourth-order valence-corrected chi connectivity index (χ4v) is 0.180. The van der Waals surface area contributed by atoms with Crippen molar-refractivity contribution in [2.24, 2.45) is 5.34 Å². The molecule has 9 heavy (non-hydrogen) atoms. The second-order valence-corrected chi connectivity index (χ2v) is 1.18. The van der Waals surface area contributed by atoms with Gasteiger partial charge in [0, 0.05) is 0 Å². The van der Waals surface area contributed by atoms with Gasteiger partial charge in [-0.25, -0.2) is 4.28 Å². The van der Waals surface area contributed by atoms with E-state index in [2.05, 4.69) is 13.7 Å². The average molecular weight is 165 g/mol. The standard InChI is InChI=1S/HNO6S.Na/c2-1-5-8(4)7-6-3;/h3H;/q;+1/p-1. The van der Waals surface area contributed by atoms with Crippen LogP contribution in [0.3, 0.4) is 0 Å². The minimum absolute atomic E-state index is 0. The van der Waals surface area contributed by atoms with Crippen LogP contribution in [0.25, 0.3) is 0 Å². The van der Waals surface area contributed by atoms with Crippen LogP contribution in [-0.2, 0) is 25.0 Å². The molecule has 7 nitrogen and oxygen atoms in total. The third-order valence-electron chi connectivity index (χ3n) is 0.175. The predicted octanol–water partition coefficient (Wildman–Crippen LogP) is -4.51. The zero-order chi connectivity index (χ0) is 6.41. The number of rotatable bonds is 4. The number of nitrogens with zero attached hydrogens (tertiary/aromatic N) is 1. The van der Waals surface area contributed by atoms with E-state index in [-0.39, 0.29) is 29.6 Å². The molecule has 0 amide bonds. The van der Waals surface area contributed by atoms with Crippen LogP contribution in [0.15, 0.2) is 5.34 Å². The largest absolute Gasteiger partial charge is 1.00 e. The van der Waals surface area contributed by atoms with Crippen molar-refractivity contribution in [3.8, 4) is 0 Å². The fraction of sp³-hybridized carbons (Fsp3) is 0. The van der Waals surface area contributed by atoms with Crippen LogP contribution in [0.4, 0.5) is 0 Å². The van der Waals surface area contributed by atoms with Gasteiger partial charge in [-0.05, 0) is 0 Å². The molecule has 9 heteroatoms. The number of hydrogen-bond donors (Lipinski definition) is 0. The van der Waals surface area contributed by atoms with Crippen molar-refractivity contribution >= 4 is 11.4 Å². The van der Waals surface area contributed by atoms with E-state index in [1.165, 1.54) is 0 Å². The topological polar surface area (TPSA) is 97.2 Å². The molecule has 0 spiro atoms. The van der Waals surface area contributed by atoms with Gasteiger partial charge in [-0.3, -0.25) is 5.04 Å². The van der Waals surface area contributed by atoms with Gasteiger partial charge in [-0.2, -0.15) is 4.21 Å². The summed E-state index contributed by atoms with van der Waals surface area (Å²) in [6.45, 7) is 0. The van der Waals surface area contributed by atoms with E-state index in [4.69, 9.17) is 10.2 Å². The molecule has 0 radical (unpaired) electrons. The molecule has 0 aromatic rings. The van der Waals surface area contributed by atoms with Gasteiger partial charge < -0.3 is 5.26 Å². The Hall–Kier alpha value is 0.430. The van der Waals surface area contributed by atoms with Crippen molar-refractivity contribution in [3.63, 3.8) is 0 Å². The van der Waals surface area contributed by atoms with Crippen molar-refractivity contribution in [3.05, 3.63) is 4.91 Å². The van der Waals surface area contributed by atoms with Crippen LogP contribution in [0, 0.1) is 4.91 Å². The Kier molecular flexibility index (Phi) is 11.4. The summed E-state index contributed by atoms with van der Waals surface area (Å²) in [5.74, 6) is 0. The summed E-state index contributed by atoms with van der Waals surface area (Å²) in [5.41, 5.74) is 0. The quantitative estimate of drug-likeness (QED) is 0.180. The van der Waals surface area contributed by atoms with E-state index in [1.54, 1.807) is 5.34 Å². The summed E-state index contributed by atoms with van der Waals surface area (Å²) >= 11 is -2.53. The van der Waals surface area contributed by atoms with E-state index in [0.717, 1.165) is 0 Å². The molecule has 1 atom stereocenters. The molecule has 0 saturated heterocycles. The summed E-state index contributed by atoms with van der Waals surface area (Å²) < 4.78 is 16.2. The predicted molar refractivity (Wildman–Crippen MR) is 17.2 cm³/mol. The molecule has 48 valence electrons. The van der Waals surface area contributed by atoms with Crippen LogP contribution in [-0.4, -0.2) is 4.21 Å². The Morgan fingerprint density at radius 1 is 1.56 bits per heavy atom. The SMILES string of the molecule is O=NOS(=O)OO[O-].[Na+]. The summed E-state index contributed by atoms with van der Waals surface area (Å²) in [6.07, 6.45) is 0. The molecule has 0 fully saturated rings. The molecule has 0 heterocycles. The second-order valence-electron chi connectivity index (χ2n) is 0.489. The maximum absolute atomic E-state index is 9.69. The van der Waals surface area contributed by atoms with E-state index in [9.17, 15) is 4.21 Å². The summed E-state index contributed by atoms with van der Waals surface area (Å²) in [6, 6.07) is 0. The first kappa shape index (κ1) is 12.1. The van der Waals surface area contributed by atoms with Crippen molar-refractivity contribution in [1.82, 2.24) is 0 Å². The molecular weight excluding hydrogens is 165 g/mol. The van der Waals surface area contributed by atoms with Gasteiger partial charge in [-0.1, -0.05) is 0 Å². The molecule has 0 aliphatic carbocycles. The first-order chi connectivity index (χ1) is 3.81. The minimum atomic E-state index is -2.53. The normalized spacial score (nSPS) is 11.2. The van der Waals surface area contributed by atoms with E-state index in [0.29, 0.717) is 0 Å². The monoisotopic (exact) mass is 165 g/mol. The van der Waals surface area contributed by atoms with Gasteiger partial charge in [0.15, 0.2) is 5.34 Å². The van der Waals surface area contributed by atoms with Crippen LogP contribution in [0.2, 0.25) is 0 Å². The Morgan fingerprint density at radius 3 is 2.44 bits per heavy atom. The smallest absolute Gasteiger partial charge is 0.691 e. The van der Waals surface area contributed by atoms with Crippen molar-refractivity contribution in [2.45, 2.75) is 0 Å². The Balaban J connectivity index is 0. The van der Waals surface area contributed by atoms with Crippen LogP contribution < -0.4 is 34.8 Å². The van der Waals surface area contributed by atoms with E-state index >= 15 is 0 Å². The first-order valence-electron chi connectivity index (χ1n) is 1.20. The number of hydrogen-bond acceptors (Lipinski definition) is 7. The third-order valence-corrected chi connectivity index (χ3v) is 0.524. The summed E-state index contributed by atoms with van der Waals surface area (Å²) in [7, 11) is 0. The molecule has 0 rings (SSSR count). The molecule has 0 saturated carbocycles. The molecular formula is NNaO6S. The van der Waals surface area contributed by atoms with Gasteiger partial charge in [0.05, 0.1) is 0 Å². The van der Waals surface area contributed by atoms with Gasteiger partial charge >= 0.3 is 40.9 Å². The Morgan fingerprint density at radius 2 is 2.11 bits per heavy atom. The molecule has 0 bridgehead atoms. The average Bonchev–Trinajstić information content (AvgIpc) is 1.68. The van der Waals surface area contributed by atoms with E-state index in [1.807, 2.05) is 0 Å². The first-order valence-corrected chi connectivity index (χ1v) is 2.20. The molecule has 0 aromatic heterocycles.